The lowest BCUT2D eigenvalue weighted by Crippen LogP contribution is -2.10. The minimum atomic E-state index is 0.854. The van der Waals surface area contributed by atoms with Crippen molar-refractivity contribution in [3.05, 3.63) is 182 Å². The van der Waals surface area contributed by atoms with Gasteiger partial charge in [0.25, 0.3) is 0 Å². The summed E-state index contributed by atoms with van der Waals surface area (Å²) in [5.74, 6) is 0. The zero-order chi connectivity index (χ0) is 34.2. The first-order chi connectivity index (χ1) is 25.8. The van der Waals surface area contributed by atoms with Crippen molar-refractivity contribution in [2.45, 2.75) is 0 Å². The molecule has 0 aliphatic heterocycles. The second-order valence-electron chi connectivity index (χ2n) is 13.3. The van der Waals surface area contributed by atoms with E-state index in [1.165, 1.54) is 27.4 Å². The fourth-order valence-electron chi connectivity index (χ4n) is 8.03. The van der Waals surface area contributed by atoms with E-state index >= 15 is 0 Å². The molecular formula is C48H30N2O2. The molecule has 0 atom stereocenters. The Labute approximate surface area is 299 Å². The van der Waals surface area contributed by atoms with Crippen LogP contribution < -0.4 is 4.90 Å². The Morgan fingerprint density at radius 3 is 1.83 bits per heavy atom. The molecule has 0 N–H and O–H groups in total. The minimum absolute atomic E-state index is 0.854. The molecule has 4 nitrogen and oxygen atoms in total. The smallest absolute Gasteiger partial charge is 0.137 e. The topological polar surface area (TPSA) is 34.5 Å². The molecule has 0 aliphatic rings. The fourth-order valence-corrected chi connectivity index (χ4v) is 8.03. The highest BCUT2D eigenvalue weighted by atomic mass is 16.3. The zero-order valence-corrected chi connectivity index (χ0v) is 28.0. The minimum Gasteiger partial charge on any atom is -0.456 e. The average molecular weight is 667 g/mol. The van der Waals surface area contributed by atoms with Crippen molar-refractivity contribution in [1.82, 2.24) is 4.57 Å². The number of aromatic nitrogens is 1. The van der Waals surface area contributed by atoms with Crippen molar-refractivity contribution in [3.8, 4) is 16.8 Å². The molecule has 52 heavy (non-hydrogen) atoms. The summed E-state index contributed by atoms with van der Waals surface area (Å²) in [6.45, 7) is 0. The van der Waals surface area contributed by atoms with Gasteiger partial charge in [-0.3, -0.25) is 0 Å². The van der Waals surface area contributed by atoms with Gasteiger partial charge in [-0.15, -0.1) is 0 Å². The third-order valence-corrected chi connectivity index (χ3v) is 10.4. The van der Waals surface area contributed by atoms with Gasteiger partial charge in [0.1, 0.15) is 22.3 Å². The Balaban J connectivity index is 1.07. The van der Waals surface area contributed by atoms with E-state index in [1.54, 1.807) is 0 Å². The van der Waals surface area contributed by atoms with Gasteiger partial charge in [-0.1, -0.05) is 97.1 Å². The van der Waals surface area contributed by atoms with Crippen molar-refractivity contribution >= 4 is 82.7 Å². The Morgan fingerprint density at radius 1 is 0.365 bits per heavy atom. The number of fused-ring (bicyclic) bond motifs is 9. The van der Waals surface area contributed by atoms with E-state index < -0.39 is 0 Å². The normalized spacial score (nSPS) is 11.8. The molecule has 244 valence electrons. The third-order valence-electron chi connectivity index (χ3n) is 10.4. The summed E-state index contributed by atoms with van der Waals surface area (Å²) in [6.07, 6.45) is 0. The maximum Gasteiger partial charge on any atom is 0.137 e. The summed E-state index contributed by atoms with van der Waals surface area (Å²) in [5, 5.41) is 6.86. The highest BCUT2D eigenvalue weighted by Gasteiger charge is 2.21. The fraction of sp³-hybridized carbons (Fsp3) is 0. The Hall–Kier alpha value is -7.04. The molecule has 0 radical (unpaired) electrons. The summed E-state index contributed by atoms with van der Waals surface area (Å²) >= 11 is 0. The van der Waals surface area contributed by atoms with E-state index in [9.17, 15) is 0 Å². The first-order valence-corrected chi connectivity index (χ1v) is 17.6. The average Bonchev–Trinajstić information content (AvgIpc) is 3.88. The highest BCUT2D eigenvalue weighted by Crippen LogP contribution is 2.45. The Morgan fingerprint density at radius 2 is 0.981 bits per heavy atom. The van der Waals surface area contributed by atoms with Crippen LogP contribution in [0.15, 0.2) is 191 Å². The number of benzene rings is 8. The van der Waals surface area contributed by atoms with E-state index in [0.717, 1.165) is 72.2 Å². The van der Waals surface area contributed by atoms with Crippen LogP contribution in [-0.4, -0.2) is 4.57 Å². The molecule has 4 heteroatoms. The molecule has 8 aromatic carbocycles. The van der Waals surface area contributed by atoms with Crippen LogP contribution >= 0.6 is 0 Å². The highest BCUT2D eigenvalue weighted by molar-refractivity contribution is 6.14. The monoisotopic (exact) mass is 666 g/mol. The quantitative estimate of drug-likeness (QED) is 0.183. The lowest BCUT2D eigenvalue weighted by molar-refractivity contribution is 0.669. The van der Waals surface area contributed by atoms with Crippen LogP contribution in [0.3, 0.4) is 0 Å². The first-order valence-electron chi connectivity index (χ1n) is 17.6. The van der Waals surface area contributed by atoms with Crippen molar-refractivity contribution in [3.63, 3.8) is 0 Å². The first kappa shape index (κ1) is 28.8. The van der Waals surface area contributed by atoms with Gasteiger partial charge in [0, 0.05) is 50.1 Å². The van der Waals surface area contributed by atoms with Crippen LogP contribution in [0.2, 0.25) is 0 Å². The lowest BCUT2D eigenvalue weighted by Gasteiger charge is -2.26. The number of hydrogen-bond acceptors (Lipinski definition) is 3. The maximum atomic E-state index is 6.38. The Kier molecular flexibility index (Phi) is 6.22. The second-order valence-corrected chi connectivity index (χ2v) is 13.3. The van der Waals surface area contributed by atoms with E-state index in [1.807, 2.05) is 30.3 Å². The molecule has 0 saturated carbocycles. The van der Waals surface area contributed by atoms with Gasteiger partial charge in [0.2, 0.25) is 0 Å². The van der Waals surface area contributed by atoms with Gasteiger partial charge in [0.05, 0.1) is 22.1 Å². The summed E-state index contributed by atoms with van der Waals surface area (Å²) in [4.78, 5) is 2.32. The number of nitrogens with zero attached hydrogens (tertiary/aromatic N) is 2. The van der Waals surface area contributed by atoms with Crippen molar-refractivity contribution < 1.29 is 8.83 Å². The van der Waals surface area contributed by atoms with Gasteiger partial charge in [0.15, 0.2) is 0 Å². The van der Waals surface area contributed by atoms with Crippen molar-refractivity contribution in [1.29, 1.82) is 0 Å². The SMILES string of the molecule is c1ccc(-n2c3ccccc3c3cc(-c4ccc(N(c5ccc6c(c5)oc5ccccc56)c5cccc6oc7ccccc7c56)cc4)ccc32)cc1. The largest absolute Gasteiger partial charge is 0.456 e. The standard InChI is InChI=1S/C48H30N2O2/c1-2-11-33(12-3-1)50-41-16-7-4-13-36(41)40-29-32(23-28-42(40)50)31-21-24-34(25-22-31)49(35-26-27-38-37-14-5-8-18-44(37)52-47(38)30-35)43-17-10-20-46-48(43)39-15-6-9-19-45(39)51-46/h1-30H. The van der Waals surface area contributed by atoms with Gasteiger partial charge in [-0.2, -0.15) is 0 Å². The van der Waals surface area contributed by atoms with Crippen molar-refractivity contribution in [2.75, 3.05) is 4.90 Å². The lowest BCUT2D eigenvalue weighted by atomic mass is 10.0. The van der Waals surface area contributed by atoms with Crippen LogP contribution in [0, 0.1) is 0 Å². The Bertz CT molecular complexity index is 3130. The van der Waals surface area contributed by atoms with Crippen molar-refractivity contribution in [2.24, 2.45) is 0 Å². The zero-order valence-electron chi connectivity index (χ0n) is 28.0. The van der Waals surface area contributed by atoms with Crippen LogP contribution in [-0.2, 0) is 0 Å². The number of furan rings is 2. The van der Waals surface area contributed by atoms with E-state index in [2.05, 4.69) is 161 Å². The van der Waals surface area contributed by atoms with Gasteiger partial charge >= 0.3 is 0 Å². The predicted octanol–water partition coefficient (Wildman–Crippen LogP) is 13.7. The molecule has 0 fully saturated rings. The molecule has 0 spiro atoms. The van der Waals surface area contributed by atoms with Gasteiger partial charge in [-0.25, -0.2) is 0 Å². The molecule has 0 unspecified atom stereocenters. The summed E-state index contributed by atoms with van der Waals surface area (Å²) < 4.78 is 15.1. The number of rotatable bonds is 5. The third kappa shape index (κ3) is 4.34. The molecule has 0 bridgehead atoms. The van der Waals surface area contributed by atoms with Crippen LogP contribution in [0.1, 0.15) is 0 Å². The molecule has 0 aliphatic carbocycles. The molecular weight excluding hydrogens is 637 g/mol. The van der Waals surface area contributed by atoms with Gasteiger partial charge < -0.3 is 18.3 Å². The molecule has 3 aromatic heterocycles. The molecule has 0 saturated heterocycles. The summed E-state index contributed by atoms with van der Waals surface area (Å²) in [7, 11) is 0. The molecule has 11 aromatic rings. The van der Waals surface area contributed by atoms with Crippen LogP contribution in [0.4, 0.5) is 17.1 Å². The van der Waals surface area contributed by atoms with E-state index in [-0.39, 0.29) is 0 Å². The maximum absolute atomic E-state index is 6.38. The van der Waals surface area contributed by atoms with E-state index in [4.69, 9.17) is 8.83 Å². The molecule has 0 amide bonds. The number of anilines is 3. The second kappa shape index (κ2) is 11.2. The van der Waals surface area contributed by atoms with E-state index in [0.29, 0.717) is 0 Å². The number of para-hydroxylation sites is 4. The van der Waals surface area contributed by atoms with Gasteiger partial charge in [-0.05, 0) is 90.0 Å². The molecule has 3 heterocycles. The predicted molar refractivity (Wildman–Crippen MR) is 215 cm³/mol. The summed E-state index contributed by atoms with van der Waals surface area (Å²) in [6, 6.07) is 64.3. The molecule has 11 rings (SSSR count). The number of hydrogen-bond donors (Lipinski definition) is 0. The summed E-state index contributed by atoms with van der Waals surface area (Å²) in [5.41, 5.74) is 12.4. The van der Waals surface area contributed by atoms with Crippen LogP contribution in [0.25, 0.3) is 82.5 Å². The van der Waals surface area contributed by atoms with Crippen LogP contribution in [0.5, 0.6) is 0 Å².